The standard InChI is InChI=1S/C29H37F4NO5/c1-6-27(12-17(2)9-18(3)13-27)16-39-24-11-22(30)21(10-20(24)19-7-8-19)25(35)34-15-28(38-5,29(31,32)33)14-23(34)26(36)37-4/h10-11,18-19,23H,2,6-9,12-16H2,1,3-5H3/t18?,23-,27?,28?/m0/s1. The lowest BCUT2D eigenvalue weighted by molar-refractivity contribution is -0.263. The second kappa shape index (κ2) is 10.7. The van der Waals surface area contributed by atoms with Crippen LogP contribution in [0.1, 0.15) is 80.6 Å². The summed E-state index contributed by atoms with van der Waals surface area (Å²) in [5, 5.41) is 0. The van der Waals surface area contributed by atoms with Gasteiger partial charge in [-0.1, -0.05) is 26.0 Å². The second-order valence-electron chi connectivity index (χ2n) is 11.6. The molecule has 3 aliphatic rings. The van der Waals surface area contributed by atoms with Gasteiger partial charge in [0.2, 0.25) is 0 Å². The smallest absolute Gasteiger partial charge is 0.419 e. The van der Waals surface area contributed by atoms with E-state index in [2.05, 4.69) is 25.2 Å². The number of esters is 1. The minimum absolute atomic E-state index is 0.0631. The van der Waals surface area contributed by atoms with Crippen molar-refractivity contribution in [3.05, 3.63) is 41.2 Å². The van der Waals surface area contributed by atoms with Crippen molar-refractivity contribution >= 4 is 11.9 Å². The molecule has 0 bridgehead atoms. The highest BCUT2D eigenvalue weighted by Crippen LogP contribution is 2.48. The Bertz CT molecular complexity index is 1130. The first-order valence-corrected chi connectivity index (χ1v) is 13.4. The lowest BCUT2D eigenvalue weighted by atomic mass is 9.67. The zero-order chi connectivity index (χ0) is 28.8. The minimum atomic E-state index is -4.87. The number of rotatable bonds is 8. The van der Waals surface area contributed by atoms with Gasteiger partial charge in [-0.25, -0.2) is 9.18 Å². The summed E-state index contributed by atoms with van der Waals surface area (Å²) in [5.74, 6) is -2.10. The average Bonchev–Trinajstić information content (AvgIpc) is 3.63. The first-order chi connectivity index (χ1) is 18.3. The molecule has 1 aliphatic heterocycles. The normalized spacial score (nSPS) is 29.4. The third-order valence-corrected chi connectivity index (χ3v) is 8.64. The molecule has 216 valence electrons. The number of ether oxygens (including phenoxy) is 3. The number of carbonyl (C=O) groups is 2. The third-order valence-electron chi connectivity index (χ3n) is 8.64. The molecule has 3 unspecified atom stereocenters. The highest BCUT2D eigenvalue weighted by Gasteiger charge is 2.64. The molecule has 39 heavy (non-hydrogen) atoms. The molecule has 1 heterocycles. The summed E-state index contributed by atoms with van der Waals surface area (Å²) in [7, 11) is 1.90. The van der Waals surface area contributed by atoms with E-state index in [0.29, 0.717) is 28.7 Å². The first-order valence-electron chi connectivity index (χ1n) is 13.4. The Kier molecular flexibility index (Phi) is 8.09. The minimum Gasteiger partial charge on any atom is -0.493 e. The monoisotopic (exact) mass is 555 g/mol. The van der Waals surface area contributed by atoms with Crippen molar-refractivity contribution in [3.8, 4) is 5.75 Å². The number of allylic oxidation sites excluding steroid dienone is 1. The number of carbonyl (C=O) groups excluding carboxylic acids is 2. The molecule has 0 N–H and O–H groups in total. The van der Waals surface area contributed by atoms with E-state index in [1.165, 1.54) is 11.6 Å². The van der Waals surface area contributed by atoms with Crippen molar-refractivity contribution < 1.29 is 41.4 Å². The number of hydrogen-bond acceptors (Lipinski definition) is 5. The van der Waals surface area contributed by atoms with E-state index in [-0.39, 0.29) is 11.3 Å². The summed E-state index contributed by atoms with van der Waals surface area (Å²) >= 11 is 0. The summed E-state index contributed by atoms with van der Waals surface area (Å²) in [6, 6.07) is 0.956. The first kappa shape index (κ1) is 29.4. The lowest BCUT2D eigenvalue weighted by Crippen LogP contribution is -2.49. The molecule has 1 aromatic rings. The molecule has 4 atom stereocenters. The second-order valence-corrected chi connectivity index (χ2v) is 11.6. The van der Waals surface area contributed by atoms with Crippen molar-refractivity contribution in [3.63, 3.8) is 0 Å². The van der Waals surface area contributed by atoms with Crippen LogP contribution in [0.2, 0.25) is 0 Å². The predicted octanol–water partition coefficient (Wildman–Crippen LogP) is 6.19. The zero-order valence-electron chi connectivity index (χ0n) is 23.0. The number of halogens is 4. The van der Waals surface area contributed by atoms with Gasteiger partial charge < -0.3 is 19.1 Å². The molecule has 0 spiro atoms. The number of alkyl halides is 3. The van der Waals surface area contributed by atoms with Gasteiger partial charge in [0.05, 0.1) is 25.8 Å². The van der Waals surface area contributed by atoms with Crippen molar-refractivity contribution in [1.29, 1.82) is 0 Å². The van der Waals surface area contributed by atoms with Crippen molar-refractivity contribution in [1.82, 2.24) is 4.90 Å². The lowest BCUT2D eigenvalue weighted by Gasteiger charge is -2.40. The van der Waals surface area contributed by atoms with Crippen LogP contribution >= 0.6 is 0 Å². The van der Waals surface area contributed by atoms with Crippen molar-refractivity contribution in [2.75, 3.05) is 27.4 Å². The number of likely N-dealkylation sites (tertiary alicyclic amines) is 1. The van der Waals surface area contributed by atoms with Gasteiger partial charge in [0.25, 0.3) is 5.91 Å². The van der Waals surface area contributed by atoms with Crippen LogP contribution in [-0.4, -0.2) is 62.0 Å². The number of benzene rings is 1. The van der Waals surface area contributed by atoms with Gasteiger partial charge in [-0.15, -0.1) is 0 Å². The van der Waals surface area contributed by atoms with Crippen LogP contribution in [0.25, 0.3) is 0 Å². The van der Waals surface area contributed by atoms with Gasteiger partial charge in [0.15, 0.2) is 5.60 Å². The van der Waals surface area contributed by atoms with Crippen LogP contribution in [0, 0.1) is 17.2 Å². The average molecular weight is 556 g/mol. The molecular weight excluding hydrogens is 518 g/mol. The molecule has 1 aromatic carbocycles. The Morgan fingerprint density at radius 2 is 1.87 bits per heavy atom. The Morgan fingerprint density at radius 1 is 1.18 bits per heavy atom. The summed E-state index contributed by atoms with van der Waals surface area (Å²) in [5.41, 5.74) is -1.47. The fourth-order valence-corrected chi connectivity index (χ4v) is 6.32. The largest absolute Gasteiger partial charge is 0.493 e. The van der Waals surface area contributed by atoms with Crippen LogP contribution in [-0.2, 0) is 14.3 Å². The Balaban J connectivity index is 1.64. The SMILES string of the molecule is C=C1CC(C)CC(CC)(COc2cc(F)c(C(=O)N3CC(OC)(C(F)(F)F)C[C@H]3C(=O)OC)cc2C2CC2)C1. The van der Waals surface area contributed by atoms with E-state index in [1.807, 2.05) is 0 Å². The zero-order valence-corrected chi connectivity index (χ0v) is 23.0. The summed E-state index contributed by atoms with van der Waals surface area (Å²) in [4.78, 5) is 26.6. The predicted molar refractivity (Wildman–Crippen MR) is 136 cm³/mol. The van der Waals surface area contributed by atoms with Gasteiger partial charge in [0, 0.05) is 25.0 Å². The van der Waals surface area contributed by atoms with Gasteiger partial charge in [-0.2, -0.15) is 13.2 Å². The van der Waals surface area contributed by atoms with Crippen LogP contribution in [0.4, 0.5) is 17.6 Å². The third kappa shape index (κ3) is 5.67. The fourth-order valence-electron chi connectivity index (χ4n) is 6.32. The molecular formula is C29H37F4NO5. The molecule has 2 aliphatic carbocycles. The molecule has 1 amide bonds. The van der Waals surface area contributed by atoms with Gasteiger partial charge >= 0.3 is 12.1 Å². The maximum absolute atomic E-state index is 15.5. The molecule has 3 fully saturated rings. The van der Waals surface area contributed by atoms with Crippen LogP contribution in [0.5, 0.6) is 5.75 Å². The van der Waals surface area contributed by atoms with Crippen molar-refractivity contribution in [2.24, 2.45) is 11.3 Å². The van der Waals surface area contributed by atoms with E-state index in [1.54, 1.807) is 0 Å². The van der Waals surface area contributed by atoms with E-state index in [0.717, 1.165) is 58.8 Å². The maximum Gasteiger partial charge on any atom is 0.419 e. The van der Waals surface area contributed by atoms with E-state index in [4.69, 9.17) is 9.47 Å². The summed E-state index contributed by atoms with van der Waals surface area (Å²) in [6.45, 7) is 7.89. The van der Waals surface area contributed by atoms with Crippen LogP contribution < -0.4 is 4.74 Å². The number of nitrogens with zero attached hydrogens (tertiary/aromatic N) is 1. The molecule has 10 heteroatoms. The van der Waals surface area contributed by atoms with E-state index in [9.17, 15) is 22.8 Å². The molecule has 2 saturated carbocycles. The van der Waals surface area contributed by atoms with Gasteiger partial charge in [-0.05, 0) is 62.0 Å². The van der Waals surface area contributed by atoms with Crippen LogP contribution in [0.15, 0.2) is 24.3 Å². The highest BCUT2D eigenvalue weighted by molar-refractivity contribution is 5.98. The Morgan fingerprint density at radius 3 is 2.41 bits per heavy atom. The summed E-state index contributed by atoms with van der Waals surface area (Å²) in [6.07, 6.45) is -0.404. The Hall–Kier alpha value is -2.62. The van der Waals surface area contributed by atoms with E-state index < -0.39 is 54.0 Å². The maximum atomic E-state index is 15.5. The molecule has 6 nitrogen and oxygen atoms in total. The highest BCUT2D eigenvalue weighted by atomic mass is 19.4. The van der Waals surface area contributed by atoms with Gasteiger partial charge in [-0.3, -0.25) is 4.79 Å². The summed E-state index contributed by atoms with van der Waals surface area (Å²) < 4.78 is 73.0. The number of amides is 1. The Labute approximate surface area is 226 Å². The van der Waals surface area contributed by atoms with Crippen LogP contribution in [0.3, 0.4) is 0 Å². The number of hydrogen-bond donors (Lipinski definition) is 0. The molecule has 4 rings (SSSR count). The number of methoxy groups -OCH3 is 2. The molecule has 0 radical (unpaired) electrons. The van der Waals surface area contributed by atoms with E-state index >= 15 is 4.39 Å². The topological polar surface area (TPSA) is 65.1 Å². The van der Waals surface area contributed by atoms with Gasteiger partial charge in [0.1, 0.15) is 17.6 Å². The molecule has 1 saturated heterocycles. The quantitative estimate of drug-likeness (QED) is 0.218. The molecule has 0 aromatic heterocycles. The fraction of sp³-hybridized carbons (Fsp3) is 0.655. The van der Waals surface area contributed by atoms with Crippen molar-refractivity contribution in [2.45, 2.75) is 82.5 Å².